The first kappa shape index (κ1) is 19.7. The second kappa shape index (κ2) is 7.91. The summed E-state index contributed by atoms with van der Waals surface area (Å²) < 4.78 is 31.2. The smallest absolute Gasteiger partial charge is 0.338 e. The molecule has 0 atom stereocenters. The Morgan fingerprint density at radius 1 is 1.00 bits per heavy atom. The number of nitrogens with zero attached hydrogens (tertiary/aromatic N) is 1. The van der Waals surface area contributed by atoms with Gasteiger partial charge in [0.15, 0.2) is 0 Å². The molecule has 0 fully saturated rings. The monoisotopic (exact) mass is 402 g/mol. The molecule has 0 saturated carbocycles. The third kappa shape index (κ3) is 3.80. The second-order valence-electron chi connectivity index (χ2n) is 5.97. The van der Waals surface area contributed by atoms with Crippen LogP contribution in [0.1, 0.15) is 38.0 Å². The maximum absolute atomic E-state index is 12.2. The van der Waals surface area contributed by atoms with E-state index in [1.807, 2.05) is 0 Å². The zero-order valence-electron chi connectivity index (χ0n) is 15.0. The van der Waals surface area contributed by atoms with Gasteiger partial charge in [-0.2, -0.15) is 0 Å². The van der Waals surface area contributed by atoms with E-state index >= 15 is 0 Å². The first-order valence-corrected chi connectivity index (χ1v) is 10.1. The zero-order chi connectivity index (χ0) is 20.3. The summed E-state index contributed by atoms with van der Waals surface area (Å²) in [5, 5.41) is 0. The molecule has 1 heterocycles. The third-order valence-corrected chi connectivity index (χ3v) is 5.72. The van der Waals surface area contributed by atoms with Gasteiger partial charge in [-0.3, -0.25) is 14.5 Å². The summed E-state index contributed by atoms with van der Waals surface area (Å²) >= 11 is 0. The Morgan fingerprint density at radius 3 is 2.11 bits per heavy atom. The number of rotatable bonds is 7. The number of hydrogen-bond donors (Lipinski definition) is 1. The minimum absolute atomic E-state index is 0.0388. The number of carbonyl (C=O) groups is 3. The van der Waals surface area contributed by atoms with Crippen molar-refractivity contribution < 1.29 is 27.5 Å². The van der Waals surface area contributed by atoms with Crippen LogP contribution in [0.5, 0.6) is 0 Å². The van der Waals surface area contributed by atoms with E-state index < -0.39 is 27.8 Å². The summed E-state index contributed by atoms with van der Waals surface area (Å²) in [7, 11) is -3.60. The van der Waals surface area contributed by atoms with Gasteiger partial charge in [0.25, 0.3) is 11.8 Å². The average molecular weight is 402 g/mol. The van der Waals surface area contributed by atoms with Crippen LogP contribution in [0.15, 0.2) is 53.4 Å². The van der Waals surface area contributed by atoms with Crippen LogP contribution in [-0.2, 0) is 14.8 Å². The predicted molar refractivity (Wildman–Crippen MR) is 99.4 cm³/mol. The summed E-state index contributed by atoms with van der Waals surface area (Å²) in [6, 6.07) is 11.8. The Hall–Kier alpha value is -3.04. The molecule has 9 heteroatoms. The van der Waals surface area contributed by atoms with Crippen LogP contribution >= 0.6 is 0 Å². The minimum atomic E-state index is -3.60. The van der Waals surface area contributed by atoms with Gasteiger partial charge >= 0.3 is 5.97 Å². The summed E-state index contributed by atoms with van der Waals surface area (Å²) in [6.07, 6.45) is 0. The molecule has 1 aliphatic rings. The molecule has 28 heavy (non-hydrogen) atoms. The number of esters is 1. The van der Waals surface area contributed by atoms with Crippen LogP contribution in [0.3, 0.4) is 0 Å². The van der Waals surface area contributed by atoms with Crippen LogP contribution < -0.4 is 4.72 Å². The highest BCUT2D eigenvalue weighted by Gasteiger charge is 2.34. The highest BCUT2D eigenvalue weighted by molar-refractivity contribution is 7.89. The molecular formula is C19H18N2O6S. The van der Waals surface area contributed by atoms with Gasteiger partial charge in [-0.05, 0) is 36.4 Å². The highest BCUT2D eigenvalue weighted by atomic mass is 32.2. The third-order valence-electron chi connectivity index (χ3n) is 4.16. The van der Waals surface area contributed by atoms with Gasteiger partial charge in [-0.25, -0.2) is 17.9 Å². The minimum Gasteiger partial charge on any atom is -0.460 e. The fourth-order valence-corrected chi connectivity index (χ4v) is 3.84. The molecule has 0 spiro atoms. The van der Waals surface area contributed by atoms with Crippen LogP contribution in [-0.4, -0.2) is 50.8 Å². The van der Waals surface area contributed by atoms with Crippen LogP contribution in [0.25, 0.3) is 0 Å². The molecule has 0 radical (unpaired) electrons. The number of sulfonamides is 1. The van der Waals surface area contributed by atoms with Crippen molar-refractivity contribution in [2.45, 2.75) is 11.8 Å². The Bertz CT molecular complexity index is 996. The van der Waals surface area contributed by atoms with Crippen molar-refractivity contribution in [2.24, 2.45) is 0 Å². The molecule has 0 saturated heterocycles. The van der Waals surface area contributed by atoms with Gasteiger partial charge in [0.05, 0.1) is 28.1 Å². The maximum atomic E-state index is 12.2. The predicted octanol–water partition coefficient (Wildman–Crippen LogP) is 1.44. The fraction of sp³-hybridized carbons (Fsp3) is 0.211. The van der Waals surface area contributed by atoms with Crippen molar-refractivity contribution in [2.75, 3.05) is 19.7 Å². The van der Waals surface area contributed by atoms with Crippen molar-refractivity contribution in [1.82, 2.24) is 9.62 Å². The number of nitrogens with one attached hydrogen (secondary N) is 1. The lowest BCUT2D eigenvalue weighted by Crippen LogP contribution is -2.33. The fourth-order valence-electron chi connectivity index (χ4n) is 2.80. The van der Waals surface area contributed by atoms with Crippen LogP contribution in [0.4, 0.5) is 0 Å². The Balaban J connectivity index is 1.58. The Kier molecular flexibility index (Phi) is 5.57. The summed E-state index contributed by atoms with van der Waals surface area (Å²) in [5.41, 5.74) is 0.824. The molecule has 0 bridgehead atoms. The molecule has 3 rings (SSSR count). The number of hydrogen-bond acceptors (Lipinski definition) is 6. The molecular weight excluding hydrogens is 384 g/mol. The molecule has 2 amide bonds. The normalized spacial score (nSPS) is 13.5. The van der Waals surface area contributed by atoms with Crippen LogP contribution in [0.2, 0.25) is 0 Å². The van der Waals surface area contributed by atoms with E-state index in [9.17, 15) is 22.8 Å². The first-order valence-electron chi connectivity index (χ1n) is 8.57. The van der Waals surface area contributed by atoms with Crippen LogP contribution in [0, 0.1) is 0 Å². The average Bonchev–Trinajstić information content (AvgIpc) is 2.93. The number of carbonyl (C=O) groups excluding carboxylic acids is 3. The van der Waals surface area contributed by atoms with Crippen molar-refractivity contribution in [3.05, 3.63) is 65.2 Å². The van der Waals surface area contributed by atoms with Crippen molar-refractivity contribution in [3.63, 3.8) is 0 Å². The van der Waals surface area contributed by atoms with E-state index in [-0.39, 0.29) is 30.2 Å². The Labute approximate surface area is 162 Å². The van der Waals surface area contributed by atoms with Gasteiger partial charge in [0.2, 0.25) is 10.0 Å². The molecule has 0 aliphatic carbocycles. The molecule has 2 aromatic carbocycles. The molecule has 1 N–H and O–H groups in total. The largest absolute Gasteiger partial charge is 0.460 e. The lowest BCUT2D eigenvalue weighted by Gasteiger charge is -2.13. The number of benzene rings is 2. The lowest BCUT2D eigenvalue weighted by atomic mass is 10.1. The first-order chi connectivity index (χ1) is 13.3. The number of amides is 2. The summed E-state index contributed by atoms with van der Waals surface area (Å²) in [6.45, 7) is 1.69. The van der Waals surface area contributed by atoms with E-state index in [4.69, 9.17) is 4.74 Å². The van der Waals surface area contributed by atoms with Gasteiger partial charge < -0.3 is 4.74 Å². The Morgan fingerprint density at radius 2 is 1.57 bits per heavy atom. The number of imide groups is 1. The van der Waals surface area contributed by atoms with E-state index in [2.05, 4.69) is 4.72 Å². The number of fused-ring (bicyclic) bond motifs is 1. The topological polar surface area (TPSA) is 110 Å². The van der Waals surface area contributed by atoms with Crippen molar-refractivity contribution in [3.8, 4) is 0 Å². The molecule has 2 aromatic rings. The van der Waals surface area contributed by atoms with E-state index in [0.29, 0.717) is 11.1 Å². The van der Waals surface area contributed by atoms with Gasteiger partial charge in [0, 0.05) is 6.54 Å². The molecule has 0 aromatic heterocycles. The molecule has 146 valence electrons. The number of ether oxygens (including phenoxy) is 1. The molecule has 1 aliphatic heterocycles. The van der Waals surface area contributed by atoms with E-state index in [1.165, 1.54) is 24.3 Å². The summed E-state index contributed by atoms with van der Waals surface area (Å²) in [5.74, 6) is -1.52. The van der Waals surface area contributed by atoms with Crippen molar-refractivity contribution in [1.29, 1.82) is 0 Å². The second-order valence-corrected chi connectivity index (χ2v) is 7.74. The quantitative estimate of drug-likeness (QED) is 0.554. The molecule has 8 nitrogen and oxygen atoms in total. The highest BCUT2D eigenvalue weighted by Crippen LogP contribution is 2.22. The van der Waals surface area contributed by atoms with Crippen molar-refractivity contribution >= 4 is 27.8 Å². The SMILES string of the molecule is CCNS(=O)(=O)c1ccc(C(=O)OCCN2C(=O)c3ccccc3C2=O)cc1. The van der Waals surface area contributed by atoms with E-state index in [0.717, 1.165) is 4.90 Å². The summed E-state index contributed by atoms with van der Waals surface area (Å²) in [4.78, 5) is 37.7. The van der Waals surface area contributed by atoms with Gasteiger partial charge in [-0.1, -0.05) is 19.1 Å². The molecule has 0 unspecified atom stereocenters. The van der Waals surface area contributed by atoms with Gasteiger partial charge in [-0.15, -0.1) is 0 Å². The van der Waals surface area contributed by atoms with Gasteiger partial charge in [0.1, 0.15) is 6.61 Å². The lowest BCUT2D eigenvalue weighted by molar-refractivity contribution is 0.0420. The van der Waals surface area contributed by atoms with E-state index in [1.54, 1.807) is 31.2 Å². The zero-order valence-corrected chi connectivity index (χ0v) is 15.9. The maximum Gasteiger partial charge on any atom is 0.338 e. The standard InChI is InChI=1S/C19H18N2O6S/c1-2-20-28(25,26)14-9-7-13(8-10-14)19(24)27-12-11-21-17(22)15-5-3-4-6-16(15)18(21)23/h3-10,20H,2,11-12H2,1H3.